The summed E-state index contributed by atoms with van der Waals surface area (Å²) in [6.07, 6.45) is -1.41. The standard InChI is InChI=1S/C24H29ClF3N3O6S2/c1-17(31(38(2,33)34)18-6-11-22(25)21(16-18)24(26,27)28)23(32)29-12-15-37-19-7-9-20(10-8-19)39(35,36)30-13-4-3-5-14-30/h6-11,16-17H,3-5,12-15H2,1-2H3,(H,29,32)/t17-/m0/s1. The minimum Gasteiger partial charge on any atom is -0.492 e. The number of piperidine rings is 1. The number of anilines is 1. The Hall–Kier alpha value is -2.55. The van der Waals surface area contributed by atoms with Crippen LogP contribution in [0.1, 0.15) is 31.7 Å². The van der Waals surface area contributed by atoms with Crippen LogP contribution in [0, 0.1) is 0 Å². The SMILES string of the molecule is C[C@@H](C(=O)NCCOc1ccc(S(=O)(=O)N2CCCCC2)cc1)N(c1ccc(Cl)c(C(F)(F)F)c1)S(C)(=O)=O. The Bertz CT molecular complexity index is 1380. The summed E-state index contributed by atoms with van der Waals surface area (Å²) in [5.74, 6) is -0.413. The van der Waals surface area contributed by atoms with Gasteiger partial charge in [0, 0.05) is 13.1 Å². The number of carbonyl (C=O) groups is 1. The highest BCUT2D eigenvalue weighted by Gasteiger charge is 2.36. The van der Waals surface area contributed by atoms with Gasteiger partial charge in [0.25, 0.3) is 0 Å². The molecule has 1 amide bonds. The largest absolute Gasteiger partial charge is 0.492 e. The molecule has 1 fully saturated rings. The first-order valence-corrected chi connectivity index (χ1v) is 15.7. The number of nitrogens with one attached hydrogen (secondary N) is 1. The van der Waals surface area contributed by atoms with E-state index in [1.165, 1.54) is 35.5 Å². The summed E-state index contributed by atoms with van der Waals surface area (Å²) in [4.78, 5) is 12.8. The summed E-state index contributed by atoms with van der Waals surface area (Å²) >= 11 is 5.63. The summed E-state index contributed by atoms with van der Waals surface area (Å²) in [7, 11) is -7.74. The van der Waals surface area contributed by atoms with Gasteiger partial charge in [-0.05, 0) is 62.2 Å². The van der Waals surface area contributed by atoms with Crippen LogP contribution in [0.25, 0.3) is 0 Å². The van der Waals surface area contributed by atoms with Crippen molar-refractivity contribution in [2.24, 2.45) is 0 Å². The van der Waals surface area contributed by atoms with E-state index in [9.17, 15) is 34.8 Å². The Labute approximate surface area is 231 Å². The molecule has 0 aliphatic carbocycles. The van der Waals surface area contributed by atoms with E-state index in [0.29, 0.717) is 29.2 Å². The molecule has 15 heteroatoms. The second-order valence-corrected chi connectivity index (χ2v) is 13.2. The molecular formula is C24H29ClF3N3O6S2. The Morgan fingerprint density at radius 1 is 1.08 bits per heavy atom. The molecular weight excluding hydrogens is 583 g/mol. The molecule has 2 aromatic rings. The molecule has 1 aliphatic rings. The number of amides is 1. The van der Waals surface area contributed by atoms with Crippen molar-refractivity contribution in [3.8, 4) is 5.75 Å². The van der Waals surface area contributed by atoms with Crippen molar-refractivity contribution in [3.63, 3.8) is 0 Å². The summed E-state index contributed by atoms with van der Waals surface area (Å²) in [6.45, 7) is 2.12. The highest BCUT2D eigenvalue weighted by atomic mass is 35.5. The Kier molecular flexibility index (Phi) is 9.78. The fraction of sp³-hybridized carbons (Fsp3) is 0.458. The van der Waals surface area contributed by atoms with Gasteiger partial charge in [-0.1, -0.05) is 18.0 Å². The van der Waals surface area contributed by atoms with E-state index in [2.05, 4.69) is 5.32 Å². The maximum atomic E-state index is 13.3. The van der Waals surface area contributed by atoms with Crippen LogP contribution in [0.4, 0.5) is 18.9 Å². The third kappa shape index (κ3) is 7.77. The van der Waals surface area contributed by atoms with Crippen LogP contribution in [0.15, 0.2) is 47.4 Å². The normalized spacial score (nSPS) is 15.9. The van der Waals surface area contributed by atoms with Gasteiger partial charge in [0.15, 0.2) is 0 Å². The zero-order valence-electron chi connectivity index (χ0n) is 21.2. The highest BCUT2D eigenvalue weighted by molar-refractivity contribution is 7.92. The number of rotatable bonds is 10. The number of ether oxygens (including phenoxy) is 1. The van der Waals surface area contributed by atoms with Crippen molar-refractivity contribution in [2.45, 2.75) is 43.3 Å². The van der Waals surface area contributed by atoms with Crippen LogP contribution >= 0.6 is 11.6 Å². The number of carbonyl (C=O) groups excluding carboxylic acids is 1. The molecule has 1 atom stereocenters. The molecule has 0 unspecified atom stereocenters. The molecule has 0 aromatic heterocycles. The molecule has 9 nitrogen and oxygen atoms in total. The lowest BCUT2D eigenvalue weighted by atomic mass is 10.1. The van der Waals surface area contributed by atoms with Crippen molar-refractivity contribution >= 4 is 43.2 Å². The molecule has 0 spiro atoms. The van der Waals surface area contributed by atoms with Gasteiger partial charge in [-0.25, -0.2) is 16.8 Å². The number of nitrogens with zero attached hydrogens (tertiary/aromatic N) is 2. The third-order valence-electron chi connectivity index (χ3n) is 6.04. The number of hydrogen-bond donors (Lipinski definition) is 1. The molecule has 0 bridgehead atoms. The molecule has 0 saturated carbocycles. The number of halogens is 4. The van der Waals surface area contributed by atoms with Crippen molar-refractivity contribution in [1.82, 2.24) is 9.62 Å². The topological polar surface area (TPSA) is 113 Å². The molecule has 1 saturated heterocycles. The first-order chi connectivity index (χ1) is 18.1. The van der Waals surface area contributed by atoms with Crippen LogP contribution < -0.4 is 14.4 Å². The maximum absolute atomic E-state index is 13.3. The van der Waals surface area contributed by atoms with E-state index in [4.69, 9.17) is 16.3 Å². The predicted octanol–water partition coefficient (Wildman–Crippen LogP) is 3.88. The second kappa shape index (κ2) is 12.3. The van der Waals surface area contributed by atoms with Crippen LogP contribution in [0.2, 0.25) is 5.02 Å². The van der Waals surface area contributed by atoms with Gasteiger partial charge in [-0.3, -0.25) is 9.10 Å². The Morgan fingerprint density at radius 3 is 2.26 bits per heavy atom. The molecule has 1 heterocycles. The fourth-order valence-corrected chi connectivity index (χ4v) is 7.04. The third-order valence-corrected chi connectivity index (χ3v) is 9.53. The average Bonchev–Trinajstić information content (AvgIpc) is 2.87. The van der Waals surface area contributed by atoms with E-state index < -0.39 is 48.8 Å². The van der Waals surface area contributed by atoms with Gasteiger partial charge < -0.3 is 10.1 Å². The van der Waals surface area contributed by atoms with Gasteiger partial charge in [-0.2, -0.15) is 17.5 Å². The maximum Gasteiger partial charge on any atom is 0.417 e. The number of benzene rings is 2. The van der Waals surface area contributed by atoms with Crippen LogP contribution in [0.5, 0.6) is 5.75 Å². The lowest BCUT2D eigenvalue weighted by Gasteiger charge is -2.29. The molecule has 39 heavy (non-hydrogen) atoms. The van der Waals surface area contributed by atoms with Gasteiger partial charge in [0.2, 0.25) is 26.0 Å². The van der Waals surface area contributed by atoms with Crippen LogP contribution in [-0.2, 0) is 31.0 Å². The smallest absolute Gasteiger partial charge is 0.417 e. The van der Waals surface area contributed by atoms with Crippen LogP contribution in [0.3, 0.4) is 0 Å². The van der Waals surface area contributed by atoms with E-state index in [1.807, 2.05) is 0 Å². The van der Waals surface area contributed by atoms with Crippen molar-refractivity contribution in [1.29, 1.82) is 0 Å². The van der Waals surface area contributed by atoms with Gasteiger partial charge in [0.05, 0.1) is 34.0 Å². The monoisotopic (exact) mass is 611 g/mol. The zero-order chi connectivity index (χ0) is 29.0. The first-order valence-electron chi connectivity index (χ1n) is 12.0. The van der Waals surface area contributed by atoms with Gasteiger partial charge >= 0.3 is 6.18 Å². The molecule has 1 N–H and O–H groups in total. The zero-order valence-corrected chi connectivity index (χ0v) is 23.6. The van der Waals surface area contributed by atoms with Gasteiger partial charge in [-0.15, -0.1) is 0 Å². The van der Waals surface area contributed by atoms with Crippen LogP contribution in [-0.4, -0.2) is 65.6 Å². The highest BCUT2D eigenvalue weighted by Crippen LogP contribution is 2.37. The fourth-order valence-electron chi connectivity index (χ4n) is 4.13. The van der Waals surface area contributed by atoms with E-state index in [1.54, 1.807) is 0 Å². The Balaban J connectivity index is 1.60. The first kappa shape index (κ1) is 31.0. The van der Waals surface area contributed by atoms with Gasteiger partial charge in [0.1, 0.15) is 18.4 Å². The molecule has 216 valence electrons. The van der Waals surface area contributed by atoms with Crippen molar-refractivity contribution in [2.75, 3.05) is 36.8 Å². The molecule has 3 rings (SSSR count). The molecule has 0 radical (unpaired) electrons. The minimum atomic E-state index is -4.82. The van der Waals surface area contributed by atoms with E-state index in [-0.39, 0.29) is 23.7 Å². The summed E-state index contributed by atoms with van der Waals surface area (Å²) < 4.78 is 97.7. The predicted molar refractivity (Wildman–Crippen MR) is 141 cm³/mol. The molecule has 2 aromatic carbocycles. The summed E-state index contributed by atoms with van der Waals surface area (Å²) in [5, 5.41) is 1.88. The second-order valence-electron chi connectivity index (χ2n) is 8.97. The van der Waals surface area contributed by atoms with E-state index in [0.717, 1.165) is 37.7 Å². The van der Waals surface area contributed by atoms with E-state index >= 15 is 0 Å². The quantitative estimate of drug-likeness (QED) is 0.408. The minimum absolute atomic E-state index is 0.0330. The van der Waals surface area contributed by atoms with Crippen molar-refractivity contribution in [3.05, 3.63) is 53.1 Å². The Morgan fingerprint density at radius 2 is 1.69 bits per heavy atom. The van der Waals surface area contributed by atoms with Crippen molar-refractivity contribution < 1.29 is 39.5 Å². The summed E-state index contributed by atoms with van der Waals surface area (Å²) in [5.41, 5.74) is -1.60. The lowest BCUT2D eigenvalue weighted by Crippen LogP contribution is -2.48. The summed E-state index contributed by atoms with van der Waals surface area (Å²) in [6, 6.07) is 7.04. The number of alkyl halides is 3. The molecule has 1 aliphatic heterocycles. The number of sulfonamides is 2. The average molecular weight is 612 g/mol. The lowest BCUT2D eigenvalue weighted by molar-refractivity contribution is -0.137. The number of hydrogen-bond acceptors (Lipinski definition) is 6.